The van der Waals surface area contributed by atoms with Crippen molar-refractivity contribution < 1.29 is 9.53 Å². The summed E-state index contributed by atoms with van der Waals surface area (Å²) in [6, 6.07) is 3.55. The highest BCUT2D eigenvalue weighted by Crippen LogP contribution is 2.32. The molecule has 1 aliphatic rings. The normalized spacial score (nSPS) is 15.3. The maximum absolute atomic E-state index is 11.8. The first kappa shape index (κ1) is 15.4. The van der Waals surface area contributed by atoms with Crippen molar-refractivity contribution in [3.8, 4) is 5.75 Å². The van der Waals surface area contributed by atoms with Gasteiger partial charge >= 0.3 is 0 Å². The number of carbonyl (C=O) groups excluding carboxylic acids is 1. The van der Waals surface area contributed by atoms with Gasteiger partial charge in [0.25, 0.3) is 5.91 Å². The molecule has 0 aromatic heterocycles. The molecule has 0 heterocycles. The summed E-state index contributed by atoms with van der Waals surface area (Å²) in [5.41, 5.74) is 6.32. The van der Waals surface area contributed by atoms with E-state index in [1.165, 1.54) is 12.8 Å². The van der Waals surface area contributed by atoms with Crippen LogP contribution in [0.3, 0.4) is 0 Å². The van der Waals surface area contributed by atoms with Crippen LogP contribution < -0.4 is 15.8 Å². The number of carbonyl (C=O) groups is 1. The van der Waals surface area contributed by atoms with Gasteiger partial charge in [0.2, 0.25) is 0 Å². The van der Waals surface area contributed by atoms with Crippen LogP contribution in [-0.4, -0.2) is 18.6 Å². The van der Waals surface area contributed by atoms with E-state index in [2.05, 4.69) is 5.32 Å². The van der Waals surface area contributed by atoms with E-state index in [1.54, 1.807) is 12.1 Å². The molecule has 1 saturated carbocycles. The molecule has 3 N–H and O–H groups in total. The zero-order valence-electron chi connectivity index (χ0n) is 11.1. The highest BCUT2D eigenvalue weighted by atomic mass is 35.5. The summed E-state index contributed by atoms with van der Waals surface area (Å²) in [6.45, 7) is 0.185. The number of amides is 1. The van der Waals surface area contributed by atoms with Gasteiger partial charge in [0, 0.05) is 23.2 Å². The molecule has 1 amide bonds. The molecule has 110 valence electrons. The third-order valence-corrected chi connectivity index (χ3v) is 3.87. The Morgan fingerprint density at radius 2 is 2.05 bits per heavy atom. The quantitative estimate of drug-likeness (QED) is 0.878. The second-order valence-corrected chi connectivity index (χ2v) is 5.76. The van der Waals surface area contributed by atoms with Gasteiger partial charge in [0.15, 0.2) is 6.61 Å². The molecule has 4 nitrogen and oxygen atoms in total. The van der Waals surface area contributed by atoms with Gasteiger partial charge in [-0.25, -0.2) is 0 Å². The van der Waals surface area contributed by atoms with Crippen LogP contribution in [0.2, 0.25) is 10.0 Å². The number of nitrogens with one attached hydrogen (secondary N) is 1. The second-order valence-electron chi connectivity index (χ2n) is 4.92. The Balaban J connectivity index is 1.94. The molecular weight excluding hydrogens is 299 g/mol. The van der Waals surface area contributed by atoms with Gasteiger partial charge in [-0.2, -0.15) is 0 Å². The first-order valence-corrected chi connectivity index (χ1v) is 7.46. The summed E-state index contributed by atoms with van der Waals surface area (Å²) in [5, 5.41) is 3.82. The average Bonchev–Trinajstić information content (AvgIpc) is 2.89. The van der Waals surface area contributed by atoms with Crippen LogP contribution in [0.25, 0.3) is 0 Å². The Hall–Kier alpha value is -0.970. The van der Waals surface area contributed by atoms with Gasteiger partial charge in [-0.15, -0.1) is 0 Å². The van der Waals surface area contributed by atoms with Crippen molar-refractivity contribution in [1.29, 1.82) is 0 Å². The van der Waals surface area contributed by atoms with Crippen LogP contribution in [0.1, 0.15) is 31.2 Å². The lowest BCUT2D eigenvalue weighted by molar-refractivity contribution is -0.123. The van der Waals surface area contributed by atoms with Gasteiger partial charge < -0.3 is 15.8 Å². The zero-order chi connectivity index (χ0) is 14.5. The van der Waals surface area contributed by atoms with Gasteiger partial charge in [-0.1, -0.05) is 36.0 Å². The lowest BCUT2D eigenvalue weighted by atomic mass is 10.2. The molecule has 1 aliphatic carbocycles. The maximum Gasteiger partial charge on any atom is 0.258 e. The van der Waals surface area contributed by atoms with Crippen molar-refractivity contribution in [2.75, 3.05) is 6.61 Å². The zero-order valence-corrected chi connectivity index (χ0v) is 12.6. The molecule has 0 saturated heterocycles. The number of nitrogens with two attached hydrogens (primary N) is 1. The first-order chi connectivity index (χ1) is 9.60. The van der Waals surface area contributed by atoms with Crippen molar-refractivity contribution in [1.82, 2.24) is 5.32 Å². The van der Waals surface area contributed by atoms with E-state index >= 15 is 0 Å². The number of hydrogen-bond donors (Lipinski definition) is 2. The predicted molar refractivity (Wildman–Crippen MR) is 80.2 cm³/mol. The number of ether oxygens (including phenoxy) is 1. The van der Waals surface area contributed by atoms with Crippen LogP contribution >= 0.6 is 23.2 Å². The van der Waals surface area contributed by atoms with E-state index in [1.807, 2.05) is 0 Å². The highest BCUT2D eigenvalue weighted by molar-refractivity contribution is 6.35. The van der Waals surface area contributed by atoms with Crippen molar-refractivity contribution in [2.24, 2.45) is 5.73 Å². The molecule has 0 bridgehead atoms. The van der Waals surface area contributed by atoms with E-state index in [-0.39, 0.29) is 25.1 Å². The third kappa shape index (κ3) is 4.01. The van der Waals surface area contributed by atoms with Gasteiger partial charge in [0.1, 0.15) is 5.75 Å². The summed E-state index contributed by atoms with van der Waals surface area (Å²) >= 11 is 12.0. The Morgan fingerprint density at radius 1 is 1.35 bits per heavy atom. The maximum atomic E-state index is 11.8. The van der Waals surface area contributed by atoms with E-state index in [9.17, 15) is 4.79 Å². The Morgan fingerprint density at radius 3 is 2.70 bits per heavy atom. The fraction of sp³-hybridized carbons (Fsp3) is 0.500. The lowest BCUT2D eigenvalue weighted by Crippen LogP contribution is -2.36. The number of rotatable bonds is 5. The molecule has 0 spiro atoms. The number of hydrogen-bond acceptors (Lipinski definition) is 3. The van der Waals surface area contributed by atoms with E-state index in [4.69, 9.17) is 33.7 Å². The second kappa shape index (κ2) is 7.16. The highest BCUT2D eigenvalue weighted by Gasteiger charge is 2.18. The summed E-state index contributed by atoms with van der Waals surface area (Å²) in [7, 11) is 0. The van der Waals surface area contributed by atoms with Crippen LogP contribution in [-0.2, 0) is 11.3 Å². The molecule has 0 radical (unpaired) electrons. The fourth-order valence-electron chi connectivity index (χ4n) is 2.40. The third-order valence-electron chi connectivity index (χ3n) is 3.37. The molecule has 0 aliphatic heterocycles. The molecular formula is C14H18Cl2N2O2. The van der Waals surface area contributed by atoms with Crippen molar-refractivity contribution >= 4 is 29.1 Å². The van der Waals surface area contributed by atoms with Crippen LogP contribution in [0.4, 0.5) is 0 Å². The Labute approximate surface area is 128 Å². The van der Waals surface area contributed by atoms with Gasteiger partial charge in [0.05, 0.1) is 5.02 Å². The fourth-order valence-corrected chi connectivity index (χ4v) is 2.99. The number of halogens is 2. The SMILES string of the molecule is NCc1cc(Cl)cc(Cl)c1OCC(=O)NC1CCCC1. The van der Waals surface area contributed by atoms with Crippen LogP contribution in [0, 0.1) is 0 Å². The summed E-state index contributed by atoms with van der Waals surface area (Å²) in [4.78, 5) is 11.8. The molecule has 1 fully saturated rings. The summed E-state index contributed by atoms with van der Waals surface area (Å²) in [5.74, 6) is 0.297. The topological polar surface area (TPSA) is 64.3 Å². The molecule has 20 heavy (non-hydrogen) atoms. The van der Waals surface area contributed by atoms with E-state index < -0.39 is 0 Å². The van der Waals surface area contributed by atoms with Crippen molar-refractivity contribution in [2.45, 2.75) is 38.3 Å². The Bertz CT molecular complexity index is 488. The molecule has 1 aromatic carbocycles. The molecule has 1 aromatic rings. The summed E-state index contributed by atoms with van der Waals surface area (Å²) in [6.07, 6.45) is 4.43. The largest absolute Gasteiger partial charge is 0.482 e. The van der Waals surface area contributed by atoms with Crippen LogP contribution in [0.15, 0.2) is 12.1 Å². The minimum absolute atomic E-state index is 0.0646. The van der Waals surface area contributed by atoms with E-state index in [0.29, 0.717) is 21.4 Å². The summed E-state index contributed by atoms with van der Waals surface area (Å²) < 4.78 is 5.50. The van der Waals surface area contributed by atoms with Crippen molar-refractivity contribution in [3.05, 3.63) is 27.7 Å². The monoisotopic (exact) mass is 316 g/mol. The average molecular weight is 317 g/mol. The smallest absolute Gasteiger partial charge is 0.258 e. The molecule has 0 atom stereocenters. The number of benzene rings is 1. The van der Waals surface area contributed by atoms with E-state index in [0.717, 1.165) is 12.8 Å². The minimum atomic E-state index is -0.133. The van der Waals surface area contributed by atoms with Gasteiger partial charge in [-0.3, -0.25) is 4.79 Å². The first-order valence-electron chi connectivity index (χ1n) is 6.70. The Kier molecular flexibility index (Phi) is 5.52. The molecule has 6 heteroatoms. The van der Waals surface area contributed by atoms with Crippen molar-refractivity contribution in [3.63, 3.8) is 0 Å². The predicted octanol–water partition coefficient (Wildman–Crippen LogP) is 2.89. The standard InChI is InChI=1S/C14H18Cl2N2O2/c15-10-5-9(7-17)14(12(16)6-10)20-8-13(19)18-11-3-1-2-4-11/h5-6,11H,1-4,7-8,17H2,(H,18,19). The van der Waals surface area contributed by atoms with Gasteiger partial charge in [-0.05, 0) is 25.0 Å². The lowest BCUT2D eigenvalue weighted by Gasteiger charge is -2.15. The minimum Gasteiger partial charge on any atom is -0.482 e. The van der Waals surface area contributed by atoms with Crippen LogP contribution in [0.5, 0.6) is 5.75 Å². The molecule has 0 unspecified atom stereocenters. The molecule has 2 rings (SSSR count).